The SMILES string of the molecule is CCCC(NC(=O)[C@@H]1[C@@H]2[C@H](CN1C(=O)[C@@H](NC(=O)N[C@H](CN1C(=O)c3ccncc3C1=O)C(C)(C)C)C(C)(C)C)C2(C)C)C(=O)C(N)=O. The van der Waals surface area contributed by atoms with Gasteiger partial charge in [0.1, 0.15) is 12.1 Å². The number of ketones is 1. The van der Waals surface area contributed by atoms with Crippen LogP contribution in [0.4, 0.5) is 4.79 Å². The predicted molar refractivity (Wildman–Crippen MR) is 175 cm³/mol. The van der Waals surface area contributed by atoms with Crippen LogP contribution in [0.15, 0.2) is 18.5 Å². The molecule has 2 aliphatic heterocycles. The molecule has 14 nitrogen and oxygen atoms in total. The third-order valence-electron chi connectivity index (χ3n) is 10.1. The number of fused-ring (bicyclic) bond motifs is 2. The van der Waals surface area contributed by atoms with E-state index in [1.807, 2.05) is 41.5 Å². The van der Waals surface area contributed by atoms with Crippen LogP contribution >= 0.6 is 0 Å². The number of hydrogen-bond acceptors (Lipinski definition) is 8. The Morgan fingerprint density at radius 1 is 0.979 bits per heavy atom. The van der Waals surface area contributed by atoms with Crippen molar-refractivity contribution in [2.75, 3.05) is 13.1 Å². The van der Waals surface area contributed by atoms with Gasteiger partial charge in [-0.05, 0) is 40.6 Å². The van der Waals surface area contributed by atoms with Crippen LogP contribution in [0.3, 0.4) is 0 Å². The zero-order valence-corrected chi connectivity index (χ0v) is 29.3. The van der Waals surface area contributed by atoms with Crippen molar-refractivity contribution in [1.29, 1.82) is 0 Å². The normalized spacial score (nSPS) is 23.1. The van der Waals surface area contributed by atoms with Crippen molar-refractivity contribution in [3.8, 4) is 0 Å². The van der Waals surface area contributed by atoms with Gasteiger partial charge in [-0.15, -0.1) is 0 Å². The van der Waals surface area contributed by atoms with E-state index in [4.69, 9.17) is 5.73 Å². The molecule has 2 fully saturated rings. The number of amides is 7. The minimum Gasteiger partial charge on any atom is -0.363 e. The van der Waals surface area contributed by atoms with Gasteiger partial charge < -0.3 is 26.6 Å². The lowest BCUT2D eigenvalue weighted by Crippen LogP contribution is -2.62. The number of imide groups is 1. The number of carbonyl (C=O) groups excluding carboxylic acids is 7. The van der Waals surface area contributed by atoms with Crippen LogP contribution in [-0.4, -0.2) is 93.4 Å². The molecule has 1 aromatic rings. The van der Waals surface area contributed by atoms with Gasteiger partial charge in [-0.1, -0.05) is 68.7 Å². The van der Waals surface area contributed by atoms with Crippen molar-refractivity contribution in [3.63, 3.8) is 0 Å². The molecule has 262 valence electrons. The van der Waals surface area contributed by atoms with Gasteiger partial charge in [-0.2, -0.15) is 0 Å². The summed E-state index contributed by atoms with van der Waals surface area (Å²) in [6.45, 7) is 17.0. The van der Waals surface area contributed by atoms with Crippen molar-refractivity contribution in [2.24, 2.45) is 33.8 Å². The van der Waals surface area contributed by atoms with Gasteiger partial charge in [0.2, 0.25) is 17.6 Å². The molecular weight excluding hydrogens is 618 g/mol. The summed E-state index contributed by atoms with van der Waals surface area (Å²) < 4.78 is 0. The molecule has 0 spiro atoms. The average molecular weight is 668 g/mol. The molecule has 1 saturated carbocycles. The molecule has 1 aliphatic carbocycles. The summed E-state index contributed by atoms with van der Waals surface area (Å²) in [5.41, 5.74) is 4.06. The van der Waals surface area contributed by atoms with Crippen LogP contribution in [0.25, 0.3) is 0 Å². The summed E-state index contributed by atoms with van der Waals surface area (Å²) in [5.74, 6) is -4.18. The number of Topliss-reactive ketones (excluding diaryl/α,β-unsaturated/α-hetero) is 1. The standard InChI is InChI=1S/C34H49N7O7/c1-10-11-20(24(42)26(35)43)37-27(44)23-22-19(34(22,8)9)15-40(23)30(47)25(33(5,6)7)39-31(48)38-21(32(2,3)4)16-41-28(45)17-12-13-36-14-18(17)29(41)46/h12-14,19-23,25H,10-11,15-16H2,1-9H3,(H2,35,43)(H,37,44)(H2,38,39,48)/t19-,20?,21+,22-,23-,25+/m0/s1. The van der Waals surface area contributed by atoms with Gasteiger partial charge in [0.25, 0.3) is 17.7 Å². The molecule has 1 saturated heterocycles. The van der Waals surface area contributed by atoms with Crippen molar-refractivity contribution in [3.05, 3.63) is 29.6 Å². The van der Waals surface area contributed by atoms with Gasteiger partial charge in [0.15, 0.2) is 0 Å². The van der Waals surface area contributed by atoms with E-state index >= 15 is 0 Å². The molecule has 6 atom stereocenters. The zero-order chi connectivity index (χ0) is 36.1. The van der Waals surface area contributed by atoms with Gasteiger partial charge in [-0.3, -0.25) is 38.7 Å². The van der Waals surface area contributed by atoms with Crippen LogP contribution in [0.1, 0.15) is 95.9 Å². The number of piperidine rings is 1. The number of nitrogens with zero attached hydrogens (tertiary/aromatic N) is 3. The minimum absolute atomic E-state index is 0.0308. The first-order valence-electron chi connectivity index (χ1n) is 16.4. The number of carbonyl (C=O) groups is 7. The lowest BCUT2D eigenvalue weighted by atomic mass is 9.85. The Bertz CT molecular complexity index is 1490. The first-order valence-corrected chi connectivity index (χ1v) is 16.4. The second-order valence-corrected chi connectivity index (χ2v) is 15.9. The Labute approximate surface area is 281 Å². The van der Waals surface area contributed by atoms with Gasteiger partial charge in [0, 0.05) is 18.9 Å². The molecule has 0 aromatic carbocycles. The number of rotatable bonds is 11. The topological polar surface area (TPSA) is 201 Å². The third-order valence-corrected chi connectivity index (χ3v) is 10.1. The Hall–Kier alpha value is -4.36. The number of pyridine rings is 1. The van der Waals surface area contributed by atoms with Crippen molar-refractivity contribution >= 4 is 41.4 Å². The molecule has 14 heteroatoms. The molecular formula is C34H49N7O7. The maximum atomic E-state index is 14.3. The smallest absolute Gasteiger partial charge is 0.315 e. The van der Waals surface area contributed by atoms with E-state index in [-0.39, 0.29) is 47.9 Å². The van der Waals surface area contributed by atoms with E-state index in [2.05, 4.69) is 20.9 Å². The quantitative estimate of drug-likeness (QED) is 0.201. The number of nitrogens with two attached hydrogens (primary N) is 1. The lowest BCUT2D eigenvalue weighted by molar-refractivity contribution is -0.145. The molecule has 3 aliphatic rings. The third kappa shape index (κ3) is 6.93. The number of urea groups is 1. The fraction of sp³-hybridized carbons (Fsp3) is 0.647. The molecule has 0 bridgehead atoms. The highest BCUT2D eigenvalue weighted by Crippen LogP contribution is 2.65. The van der Waals surface area contributed by atoms with Gasteiger partial charge >= 0.3 is 6.03 Å². The van der Waals surface area contributed by atoms with Crippen LogP contribution in [0, 0.1) is 28.1 Å². The molecule has 5 N–H and O–H groups in total. The van der Waals surface area contributed by atoms with Crippen molar-refractivity contribution in [1.82, 2.24) is 30.7 Å². The Balaban J connectivity index is 1.53. The Morgan fingerprint density at radius 3 is 2.15 bits per heavy atom. The zero-order valence-electron chi connectivity index (χ0n) is 29.3. The summed E-state index contributed by atoms with van der Waals surface area (Å²) in [6, 6.07) is -2.98. The van der Waals surface area contributed by atoms with E-state index in [1.165, 1.54) is 23.4 Å². The summed E-state index contributed by atoms with van der Waals surface area (Å²) in [5, 5.41) is 8.39. The highest BCUT2D eigenvalue weighted by atomic mass is 16.2. The average Bonchev–Trinajstić information content (AvgIpc) is 3.25. The van der Waals surface area contributed by atoms with Crippen LogP contribution in [0.5, 0.6) is 0 Å². The van der Waals surface area contributed by atoms with E-state index in [0.717, 1.165) is 4.90 Å². The molecule has 1 aromatic heterocycles. The Kier molecular flexibility index (Phi) is 9.82. The van der Waals surface area contributed by atoms with E-state index in [1.54, 1.807) is 20.8 Å². The number of aromatic nitrogens is 1. The molecule has 7 amide bonds. The highest BCUT2D eigenvalue weighted by molar-refractivity contribution is 6.37. The van der Waals surface area contributed by atoms with E-state index in [9.17, 15) is 33.6 Å². The number of primary amides is 1. The molecule has 4 rings (SSSR count). The van der Waals surface area contributed by atoms with Crippen LogP contribution in [0.2, 0.25) is 0 Å². The second kappa shape index (κ2) is 12.9. The summed E-state index contributed by atoms with van der Waals surface area (Å²) in [6.07, 6.45) is 3.51. The van der Waals surface area contributed by atoms with Gasteiger partial charge in [-0.25, -0.2) is 4.79 Å². The predicted octanol–water partition coefficient (Wildman–Crippen LogP) is 1.63. The second-order valence-electron chi connectivity index (χ2n) is 15.9. The van der Waals surface area contributed by atoms with E-state index < -0.39 is 76.3 Å². The van der Waals surface area contributed by atoms with Crippen LogP contribution < -0.4 is 21.7 Å². The maximum Gasteiger partial charge on any atom is 0.315 e. The lowest BCUT2D eigenvalue weighted by Gasteiger charge is -2.39. The summed E-state index contributed by atoms with van der Waals surface area (Å²) in [4.78, 5) is 98.5. The monoisotopic (exact) mass is 667 g/mol. The minimum atomic E-state index is -1.14. The first-order chi connectivity index (χ1) is 22.1. The van der Waals surface area contributed by atoms with Crippen LogP contribution in [-0.2, 0) is 19.2 Å². The number of likely N-dealkylation sites (tertiary alicyclic amines) is 1. The van der Waals surface area contributed by atoms with E-state index in [0.29, 0.717) is 6.42 Å². The molecule has 3 heterocycles. The Morgan fingerprint density at radius 2 is 1.60 bits per heavy atom. The first kappa shape index (κ1) is 36.5. The fourth-order valence-corrected chi connectivity index (χ4v) is 6.96. The molecule has 48 heavy (non-hydrogen) atoms. The maximum absolute atomic E-state index is 14.3. The summed E-state index contributed by atoms with van der Waals surface area (Å²) >= 11 is 0. The summed E-state index contributed by atoms with van der Waals surface area (Å²) in [7, 11) is 0. The molecule has 0 radical (unpaired) electrons. The highest BCUT2D eigenvalue weighted by Gasteiger charge is 2.70. The van der Waals surface area contributed by atoms with Crippen molar-refractivity contribution in [2.45, 2.75) is 99.3 Å². The van der Waals surface area contributed by atoms with Gasteiger partial charge in [0.05, 0.1) is 29.8 Å². The molecule has 1 unspecified atom stereocenters. The number of hydrogen-bond donors (Lipinski definition) is 4. The number of nitrogens with one attached hydrogen (secondary N) is 3. The fourth-order valence-electron chi connectivity index (χ4n) is 6.96. The largest absolute Gasteiger partial charge is 0.363 e. The van der Waals surface area contributed by atoms with Crippen molar-refractivity contribution < 1.29 is 33.6 Å².